The zero-order valence-electron chi connectivity index (χ0n) is 23.1. The molecule has 2 aromatic carbocycles. The van der Waals surface area contributed by atoms with Crippen molar-refractivity contribution in [3.8, 4) is 11.5 Å². The van der Waals surface area contributed by atoms with Gasteiger partial charge in [-0.1, -0.05) is 119 Å². The van der Waals surface area contributed by atoms with Crippen LogP contribution >= 0.6 is 0 Å². The Labute approximate surface area is 213 Å². The highest BCUT2D eigenvalue weighted by atomic mass is 16.6. The smallest absolute Gasteiger partial charge is 0.119 e. The van der Waals surface area contributed by atoms with E-state index in [2.05, 4.69) is 13.8 Å². The third-order valence-electron chi connectivity index (χ3n) is 3.16. The number of epoxide rings is 2. The molecule has 2 aliphatic heterocycles. The lowest BCUT2D eigenvalue weighted by Crippen LogP contribution is -2.03. The van der Waals surface area contributed by atoms with Crippen LogP contribution in [-0.4, -0.2) is 38.6 Å². The molecule has 0 saturated carbocycles. The minimum atomic E-state index is 0. The fourth-order valence-electron chi connectivity index (χ4n) is 1.74. The maximum Gasteiger partial charge on any atom is 0.119 e. The van der Waals surface area contributed by atoms with Gasteiger partial charge in [0.05, 0.1) is 13.2 Å². The Kier molecular flexibility index (Phi) is 38.2. The zero-order valence-corrected chi connectivity index (χ0v) is 23.1. The third-order valence-corrected chi connectivity index (χ3v) is 3.16. The Morgan fingerprint density at radius 2 is 0.824 bits per heavy atom. The summed E-state index contributed by atoms with van der Waals surface area (Å²) in [5, 5.41) is 0. The number of benzene rings is 2. The SMILES string of the molecule is C.CC.CC.CC.CC.CCC.c1ccc(OCC2CO2)cc1.c1ccc(OCC2CO2)cc1. The Balaban J connectivity index is -0.000000185. The summed E-state index contributed by atoms with van der Waals surface area (Å²) in [6, 6.07) is 19.6. The molecule has 34 heavy (non-hydrogen) atoms. The average Bonchev–Trinajstić information content (AvgIpc) is 3.84. The molecule has 2 saturated heterocycles. The van der Waals surface area contributed by atoms with Crippen LogP contribution in [0.4, 0.5) is 0 Å². The van der Waals surface area contributed by atoms with E-state index in [9.17, 15) is 0 Å². The van der Waals surface area contributed by atoms with Gasteiger partial charge in [-0.15, -0.1) is 0 Å². The monoisotopic (exact) mass is 480 g/mol. The highest BCUT2D eigenvalue weighted by molar-refractivity contribution is 5.21. The molecule has 4 heteroatoms. The maximum atomic E-state index is 5.40. The molecule has 4 rings (SSSR count). The summed E-state index contributed by atoms with van der Waals surface area (Å²) in [5.74, 6) is 1.84. The van der Waals surface area contributed by atoms with Crippen molar-refractivity contribution in [1.29, 1.82) is 0 Å². The Bertz CT molecular complexity index is 501. The van der Waals surface area contributed by atoms with Crippen LogP contribution in [0.3, 0.4) is 0 Å². The van der Waals surface area contributed by atoms with Crippen molar-refractivity contribution < 1.29 is 18.9 Å². The van der Waals surface area contributed by atoms with Crippen molar-refractivity contribution in [2.75, 3.05) is 26.4 Å². The fraction of sp³-hybridized carbons (Fsp3) is 0.600. The van der Waals surface area contributed by atoms with Crippen molar-refractivity contribution in [1.82, 2.24) is 0 Å². The summed E-state index contributed by atoms with van der Waals surface area (Å²) < 4.78 is 20.8. The van der Waals surface area contributed by atoms with Crippen LogP contribution in [0.15, 0.2) is 60.7 Å². The number of ether oxygens (including phenoxy) is 4. The minimum absolute atomic E-state index is 0. The largest absolute Gasteiger partial charge is 0.491 e. The van der Waals surface area contributed by atoms with Gasteiger partial charge < -0.3 is 18.9 Å². The molecule has 0 spiro atoms. The lowest BCUT2D eigenvalue weighted by atomic mass is 10.3. The first kappa shape index (κ1) is 39.2. The van der Waals surface area contributed by atoms with Crippen LogP contribution < -0.4 is 9.47 Å². The molecule has 2 unspecified atom stereocenters. The fourth-order valence-corrected chi connectivity index (χ4v) is 1.74. The van der Waals surface area contributed by atoms with Crippen molar-refractivity contribution in [3.05, 3.63) is 60.7 Å². The predicted molar refractivity (Wildman–Crippen MR) is 151 cm³/mol. The topological polar surface area (TPSA) is 43.5 Å². The summed E-state index contributed by atoms with van der Waals surface area (Å²) in [7, 11) is 0. The maximum absolute atomic E-state index is 5.40. The second-order valence-electron chi connectivity index (χ2n) is 5.87. The molecule has 2 heterocycles. The number of rotatable bonds is 6. The molecule has 2 atom stereocenters. The van der Waals surface area contributed by atoms with E-state index in [1.165, 1.54) is 6.42 Å². The standard InChI is InChI=1S/2C9H10O2.C3H8.4C2H6.CH4/c2*1-2-4-8(5-3-1)10-6-9-7-11-9;1-3-2;4*1-2;/h2*1-5,9H,6-7H2;3H2,1-2H3;4*1-2H3;1H4. The van der Waals surface area contributed by atoms with Gasteiger partial charge in [-0.3, -0.25) is 0 Å². The molecule has 0 bridgehead atoms. The summed E-state index contributed by atoms with van der Waals surface area (Å²) in [5.41, 5.74) is 0. The highest BCUT2D eigenvalue weighted by Crippen LogP contribution is 2.14. The van der Waals surface area contributed by atoms with Gasteiger partial charge in [-0.2, -0.15) is 0 Å². The minimum Gasteiger partial charge on any atom is -0.491 e. The molecule has 4 nitrogen and oxygen atoms in total. The van der Waals surface area contributed by atoms with E-state index in [0.717, 1.165) is 24.7 Å². The molecule has 200 valence electrons. The van der Waals surface area contributed by atoms with Gasteiger partial charge in [-0.25, -0.2) is 0 Å². The van der Waals surface area contributed by atoms with Crippen LogP contribution in [0.1, 0.15) is 83.1 Å². The lowest BCUT2D eigenvalue weighted by molar-refractivity contribution is 0.263. The molecule has 2 aliphatic rings. The summed E-state index contributed by atoms with van der Waals surface area (Å²) in [6.07, 6.45) is 1.94. The summed E-state index contributed by atoms with van der Waals surface area (Å²) in [4.78, 5) is 0. The Morgan fingerprint density at radius 3 is 1.03 bits per heavy atom. The van der Waals surface area contributed by atoms with Gasteiger partial charge >= 0.3 is 0 Å². The van der Waals surface area contributed by atoms with Crippen LogP contribution in [0.25, 0.3) is 0 Å². The molecular weight excluding hydrogens is 424 g/mol. The first-order valence-electron chi connectivity index (χ1n) is 12.9. The molecule has 0 N–H and O–H groups in total. The van der Waals surface area contributed by atoms with Gasteiger partial charge in [0, 0.05) is 0 Å². The van der Waals surface area contributed by atoms with Crippen molar-refractivity contribution in [3.63, 3.8) is 0 Å². The molecule has 0 radical (unpaired) electrons. The van der Waals surface area contributed by atoms with E-state index in [0.29, 0.717) is 25.4 Å². The summed E-state index contributed by atoms with van der Waals surface area (Å²) >= 11 is 0. The zero-order chi connectivity index (χ0) is 25.7. The third kappa shape index (κ3) is 28.0. The first-order valence-corrected chi connectivity index (χ1v) is 12.9. The number of hydrogen-bond acceptors (Lipinski definition) is 4. The first-order chi connectivity index (χ1) is 16.3. The quantitative estimate of drug-likeness (QED) is 0.387. The highest BCUT2D eigenvalue weighted by Gasteiger charge is 2.23. The van der Waals surface area contributed by atoms with E-state index >= 15 is 0 Å². The van der Waals surface area contributed by atoms with Gasteiger partial charge in [-0.05, 0) is 24.3 Å². The molecule has 2 aromatic rings. The number of hydrogen-bond donors (Lipinski definition) is 0. The molecule has 0 amide bonds. The van der Waals surface area contributed by atoms with Crippen LogP contribution in [0, 0.1) is 0 Å². The molecule has 0 aliphatic carbocycles. The van der Waals surface area contributed by atoms with Gasteiger partial charge in [0.25, 0.3) is 0 Å². The lowest BCUT2D eigenvalue weighted by Gasteiger charge is -2.01. The van der Waals surface area contributed by atoms with Gasteiger partial charge in [0.1, 0.15) is 36.9 Å². The number of para-hydroxylation sites is 2. The van der Waals surface area contributed by atoms with Gasteiger partial charge in [0.2, 0.25) is 0 Å². The van der Waals surface area contributed by atoms with Gasteiger partial charge in [0.15, 0.2) is 0 Å². The van der Waals surface area contributed by atoms with E-state index < -0.39 is 0 Å². The second kappa shape index (κ2) is 33.1. The van der Waals surface area contributed by atoms with Crippen molar-refractivity contribution in [2.45, 2.75) is 95.3 Å². The molecule has 0 aromatic heterocycles. The van der Waals surface area contributed by atoms with Crippen LogP contribution in [-0.2, 0) is 9.47 Å². The van der Waals surface area contributed by atoms with Crippen LogP contribution in [0.5, 0.6) is 11.5 Å². The van der Waals surface area contributed by atoms with E-state index in [-0.39, 0.29) is 7.43 Å². The Hall–Kier alpha value is -2.04. The van der Waals surface area contributed by atoms with E-state index in [1.54, 1.807) is 0 Å². The van der Waals surface area contributed by atoms with Crippen molar-refractivity contribution in [2.24, 2.45) is 0 Å². The molecular formula is C30H56O4. The molecule has 2 fully saturated rings. The van der Waals surface area contributed by atoms with E-state index in [1.807, 2.05) is 116 Å². The Morgan fingerprint density at radius 1 is 0.588 bits per heavy atom. The van der Waals surface area contributed by atoms with Crippen molar-refractivity contribution >= 4 is 0 Å². The van der Waals surface area contributed by atoms with E-state index in [4.69, 9.17) is 18.9 Å². The average molecular weight is 481 g/mol. The second-order valence-corrected chi connectivity index (χ2v) is 5.87. The summed E-state index contributed by atoms with van der Waals surface area (Å²) in [6.45, 7) is 23.3. The normalized spacial score (nSPS) is 15.0. The van der Waals surface area contributed by atoms with Crippen LogP contribution in [0.2, 0.25) is 0 Å². The predicted octanol–water partition coefficient (Wildman–Crippen LogP) is 9.09.